The molecule has 1 fully saturated rings. The van der Waals surface area contributed by atoms with E-state index in [1.165, 1.54) is 49.8 Å². The van der Waals surface area contributed by atoms with Crippen LogP contribution in [0.1, 0.15) is 62.8 Å². The maximum atomic E-state index is 6.21. The Labute approximate surface area is 134 Å². The Bertz CT molecular complexity index is 366. The minimum absolute atomic E-state index is 0.492. The van der Waals surface area contributed by atoms with Crippen molar-refractivity contribution in [1.82, 2.24) is 5.32 Å². The monoisotopic (exact) mass is 363 g/mol. The molecule has 1 aliphatic carbocycles. The highest BCUT2D eigenvalue weighted by Crippen LogP contribution is 2.41. The van der Waals surface area contributed by atoms with Crippen LogP contribution < -0.4 is 5.32 Å². The van der Waals surface area contributed by atoms with Crippen molar-refractivity contribution >= 4 is 38.9 Å². The molecule has 1 unspecified atom stereocenters. The topological polar surface area (TPSA) is 12.0 Å². The van der Waals surface area contributed by atoms with E-state index in [9.17, 15) is 0 Å². The van der Waals surface area contributed by atoms with Gasteiger partial charge < -0.3 is 5.32 Å². The van der Waals surface area contributed by atoms with Gasteiger partial charge in [0, 0.05) is 10.9 Å². The standard InChI is InChI=1S/C15H23BrClNS/c1-2-9-18-14(11-7-5-3-4-6-8-11)13-10-12(17)15(16)19-13/h10-11,14,18H,2-9H2,1H3. The first-order valence-corrected chi connectivity index (χ1v) is 9.39. The smallest absolute Gasteiger partial charge is 0.0887 e. The number of thiophene rings is 1. The lowest BCUT2D eigenvalue weighted by atomic mass is 9.90. The summed E-state index contributed by atoms with van der Waals surface area (Å²) < 4.78 is 1.07. The zero-order valence-corrected chi connectivity index (χ0v) is 14.7. The molecule has 0 bridgehead atoms. The summed E-state index contributed by atoms with van der Waals surface area (Å²) >= 11 is 11.6. The normalized spacial score (nSPS) is 19.3. The van der Waals surface area contributed by atoms with Crippen molar-refractivity contribution in [1.29, 1.82) is 0 Å². The van der Waals surface area contributed by atoms with E-state index in [0.29, 0.717) is 6.04 Å². The van der Waals surface area contributed by atoms with E-state index < -0.39 is 0 Å². The molecule has 108 valence electrons. The first kappa shape index (κ1) is 15.8. The van der Waals surface area contributed by atoms with Crippen molar-refractivity contribution < 1.29 is 0 Å². The van der Waals surface area contributed by atoms with Gasteiger partial charge in [-0.2, -0.15) is 0 Å². The molecule has 0 saturated heterocycles. The van der Waals surface area contributed by atoms with Crippen molar-refractivity contribution in [2.45, 2.75) is 57.9 Å². The van der Waals surface area contributed by atoms with Crippen LogP contribution in [0.5, 0.6) is 0 Å². The SMILES string of the molecule is CCCNC(c1cc(Cl)c(Br)s1)C1CCCCCC1. The van der Waals surface area contributed by atoms with E-state index in [1.807, 2.05) is 0 Å². The van der Waals surface area contributed by atoms with Crippen LogP contribution in [0, 0.1) is 5.92 Å². The summed E-state index contributed by atoms with van der Waals surface area (Å²) in [7, 11) is 0. The fourth-order valence-corrected chi connectivity index (χ4v) is 4.88. The van der Waals surface area contributed by atoms with Gasteiger partial charge in [-0.05, 0) is 53.7 Å². The minimum atomic E-state index is 0.492. The lowest BCUT2D eigenvalue weighted by Crippen LogP contribution is -2.28. The number of rotatable bonds is 5. The van der Waals surface area contributed by atoms with Crippen LogP contribution in [0.4, 0.5) is 0 Å². The Morgan fingerprint density at radius 2 is 2.05 bits per heavy atom. The lowest BCUT2D eigenvalue weighted by molar-refractivity contribution is 0.330. The van der Waals surface area contributed by atoms with Crippen molar-refractivity contribution in [2.75, 3.05) is 6.54 Å². The number of hydrogen-bond acceptors (Lipinski definition) is 2. The third-order valence-corrected chi connectivity index (χ3v) is 6.51. The molecule has 1 aliphatic rings. The zero-order chi connectivity index (χ0) is 13.7. The maximum Gasteiger partial charge on any atom is 0.0887 e. The fourth-order valence-electron chi connectivity index (χ4n) is 2.96. The highest BCUT2D eigenvalue weighted by molar-refractivity contribution is 9.11. The Balaban J connectivity index is 2.13. The molecule has 1 nitrogen and oxygen atoms in total. The zero-order valence-electron chi connectivity index (χ0n) is 11.6. The predicted molar refractivity (Wildman–Crippen MR) is 89.3 cm³/mol. The molecule has 4 heteroatoms. The van der Waals surface area contributed by atoms with Gasteiger partial charge in [0.15, 0.2) is 0 Å². The predicted octanol–water partition coefficient (Wildman–Crippen LogP) is 6.18. The quantitative estimate of drug-likeness (QED) is 0.615. The second-order valence-corrected chi connectivity index (χ2v) is 8.26. The molecular weight excluding hydrogens is 342 g/mol. The third kappa shape index (κ3) is 4.45. The summed E-state index contributed by atoms with van der Waals surface area (Å²) in [6.07, 6.45) is 9.48. The minimum Gasteiger partial charge on any atom is -0.309 e. The molecule has 0 aromatic carbocycles. The van der Waals surface area contributed by atoms with Gasteiger partial charge >= 0.3 is 0 Å². The summed E-state index contributed by atoms with van der Waals surface area (Å²) in [6.45, 7) is 3.32. The van der Waals surface area contributed by atoms with E-state index >= 15 is 0 Å². The molecule has 0 aliphatic heterocycles. The van der Waals surface area contributed by atoms with Crippen LogP contribution in [-0.2, 0) is 0 Å². The summed E-state index contributed by atoms with van der Waals surface area (Å²) in [5, 5.41) is 4.61. The molecule has 19 heavy (non-hydrogen) atoms. The first-order chi connectivity index (χ1) is 9.22. The number of hydrogen-bond donors (Lipinski definition) is 1. The van der Waals surface area contributed by atoms with Gasteiger partial charge in [-0.1, -0.05) is 44.2 Å². The molecule has 0 radical (unpaired) electrons. The largest absolute Gasteiger partial charge is 0.309 e. The molecule has 1 N–H and O–H groups in total. The Kier molecular flexibility index (Phi) is 6.67. The van der Waals surface area contributed by atoms with Crippen LogP contribution in [0.15, 0.2) is 9.85 Å². The van der Waals surface area contributed by atoms with Gasteiger partial charge in [0.1, 0.15) is 0 Å². The molecule has 1 aromatic rings. The first-order valence-electron chi connectivity index (χ1n) is 7.40. The fraction of sp³-hybridized carbons (Fsp3) is 0.733. The van der Waals surface area contributed by atoms with Gasteiger partial charge in [-0.15, -0.1) is 11.3 Å². The number of nitrogens with one attached hydrogen (secondary N) is 1. The summed E-state index contributed by atoms with van der Waals surface area (Å²) in [5.74, 6) is 0.774. The van der Waals surface area contributed by atoms with E-state index in [0.717, 1.165) is 21.3 Å². The summed E-state index contributed by atoms with van der Waals surface area (Å²) in [6, 6.07) is 2.64. The van der Waals surface area contributed by atoms with Gasteiger partial charge in [-0.25, -0.2) is 0 Å². The second-order valence-electron chi connectivity index (χ2n) is 5.45. The molecule has 1 heterocycles. The van der Waals surface area contributed by atoms with Crippen LogP contribution >= 0.6 is 38.9 Å². The Morgan fingerprint density at radius 1 is 1.37 bits per heavy atom. The molecule has 1 saturated carbocycles. The van der Waals surface area contributed by atoms with Crippen molar-refractivity contribution in [2.24, 2.45) is 5.92 Å². The van der Waals surface area contributed by atoms with Gasteiger partial charge in [0.05, 0.1) is 8.81 Å². The maximum absolute atomic E-state index is 6.21. The van der Waals surface area contributed by atoms with Crippen LogP contribution in [0.25, 0.3) is 0 Å². The van der Waals surface area contributed by atoms with Gasteiger partial charge in [-0.3, -0.25) is 0 Å². The van der Waals surface area contributed by atoms with Crippen molar-refractivity contribution in [3.8, 4) is 0 Å². The van der Waals surface area contributed by atoms with Crippen LogP contribution in [-0.4, -0.2) is 6.54 Å². The summed E-state index contributed by atoms with van der Waals surface area (Å²) in [5.41, 5.74) is 0. The highest BCUT2D eigenvalue weighted by atomic mass is 79.9. The third-order valence-electron chi connectivity index (χ3n) is 3.96. The van der Waals surface area contributed by atoms with E-state index in [2.05, 4.69) is 34.2 Å². The average molecular weight is 365 g/mol. The molecule has 1 atom stereocenters. The van der Waals surface area contributed by atoms with E-state index in [-0.39, 0.29) is 0 Å². The molecule has 0 amide bonds. The Morgan fingerprint density at radius 3 is 2.58 bits per heavy atom. The van der Waals surface area contributed by atoms with Crippen LogP contribution in [0.3, 0.4) is 0 Å². The molecule has 1 aromatic heterocycles. The van der Waals surface area contributed by atoms with Crippen LogP contribution in [0.2, 0.25) is 5.02 Å². The van der Waals surface area contributed by atoms with Gasteiger partial charge in [0.2, 0.25) is 0 Å². The van der Waals surface area contributed by atoms with Crippen molar-refractivity contribution in [3.05, 3.63) is 19.8 Å². The van der Waals surface area contributed by atoms with Gasteiger partial charge in [0.25, 0.3) is 0 Å². The van der Waals surface area contributed by atoms with E-state index in [1.54, 1.807) is 11.3 Å². The molecule has 2 rings (SSSR count). The lowest BCUT2D eigenvalue weighted by Gasteiger charge is -2.26. The second kappa shape index (κ2) is 8.02. The Hall–Kier alpha value is 0.430. The average Bonchev–Trinajstić information content (AvgIpc) is 2.61. The highest BCUT2D eigenvalue weighted by Gasteiger charge is 2.25. The van der Waals surface area contributed by atoms with Crippen molar-refractivity contribution in [3.63, 3.8) is 0 Å². The number of halogens is 2. The molecular formula is C15H23BrClNS. The molecule has 0 spiro atoms. The van der Waals surface area contributed by atoms with E-state index in [4.69, 9.17) is 11.6 Å². The summed E-state index contributed by atoms with van der Waals surface area (Å²) in [4.78, 5) is 1.40.